The van der Waals surface area contributed by atoms with E-state index in [1.165, 1.54) is 0 Å². The Morgan fingerprint density at radius 1 is 1.44 bits per heavy atom. The van der Waals surface area contributed by atoms with Gasteiger partial charge in [-0.3, -0.25) is 0 Å². The molecule has 0 radical (unpaired) electrons. The van der Waals surface area contributed by atoms with Gasteiger partial charge in [0.05, 0.1) is 0 Å². The first-order chi connectivity index (χ1) is 4.13. The molecule has 0 aliphatic carbocycles. The van der Waals surface area contributed by atoms with Crippen molar-refractivity contribution < 1.29 is 5.11 Å². The van der Waals surface area contributed by atoms with Crippen molar-refractivity contribution in [1.29, 1.82) is 0 Å². The summed E-state index contributed by atoms with van der Waals surface area (Å²) in [5, 5.41) is 9.19. The van der Waals surface area contributed by atoms with Crippen LogP contribution >= 0.6 is 0 Å². The number of aryl methyl sites for hydroxylation is 2. The quantitative estimate of drug-likeness (QED) is 0.556. The molecule has 0 aromatic carbocycles. The van der Waals surface area contributed by atoms with Gasteiger partial charge in [-0.2, -0.15) is 0 Å². The van der Waals surface area contributed by atoms with Gasteiger partial charge in [0, 0.05) is 18.8 Å². The Hall–Kier alpha value is -0.920. The number of hydrogen-bond donors (Lipinski definition) is 1. The summed E-state index contributed by atoms with van der Waals surface area (Å²) in [6.45, 7) is 3.89. The number of rotatable bonds is 0. The van der Waals surface area contributed by atoms with Crippen LogP contribution in [0, 0.1) is 13.8 Å². The lowest BCUT2D eigenvalue weighted by Gasteiger charge is -1.92. The molecule has 1 aromatic heterocycles. The van der Waals surface area contributed by atoms with Gasteiger partial charge in [-0.1, -0.05) is 0 Å². The van der Waals surface area contributed by atoms with E-state index >= 15 is 0 Å². The zero-order valence-corrected chi connectivity index (χ0v) is 5.97. The van der Waals surface area contributed by atoms with Crippen LogP contribution in [0.2, 0.25) is 0 Å². The van der Waals surface area contributed by atoms with Crippen molar-refractivity contribution in [1.82, 2.24) is 4.57 Å². The fourth-order valence-corrected chi connectivity index (χ4v) is 0.889. The summed E-state index contributed by atoms with van der Waals surface area (Å²) in [6, 6.07) is 0. The normalized spacial score (nSPS) is 10.1. The van der Waals surface area contributed by atoms with Crippen LogP contribution in [0.3, 0.4) is 0 Å². The van der Waals surface area contributed by atoms with Crippen molar-refractivity contribution in [3.8, 4) is 5.88 Å². The first kappa shape index (κ1) is 6.20. The molecule has 9 heavy (non-hydrogen) atoms. The van der Waals surface area contributed by atoms with E-state index in [9.17, 15) is 5.11 Å². The molecule has 0 saturated heterocycles. The Labute approximate surface area is 54.7 Å². The highest BCUT2D eigenvalue weighted by Crippen LogP contribution is 2.19. The summed E-state index contributed by atoms with van der Waals surface area (Å²) in [7, 11) is 1.83. The van der Waals surface area contributed by atoms with Crippen molar-refractivity contribution in [2.45, 2.75) is 13.8 Å². The van der Waals surface area contributed by atoms with Crippen LogP contribution in [0.15, 0.2) is 6.20 Å². The van der Waals surface area contributed by atoms with Crippen LogP contribution in [0.25, 0.3) is 0 Å². The lowest BCUT2D eigenvalue weighted by atomic mass is 10.2. The van der Waals surface area contributed by atoms with Gasteiger partial charge in [0.15, 0.2) is 5.88 Å². The van der Waals surface area contributed by atoms with Crippen molar-refractivity contribution in [3.63, 3.8) is 0 Å². The van der Waals surface area contributed by atoms with Crippen LogP contribution in [0.5, 0.6) is 5.88 Å². The standard InChI is InChI=1S/C7H11NO/c1-5-4-8(3)7(9)6(5)2/h4,9H,1-3H3. The fraction of sp³-hybridized carbons (Fsp3) is 0.429. The molecule has 2 nitrogen and oxygen atoms in total. The van der Waals surface area contributed by atoms with Crippen molar-refractivity contribution in [2.24, 2.45) is 7.05 Å². The molecule has 0 spiro atoms. The highest BCUT2D eigenvalue weighted by Gasteiger charge is 2.02. The molecule has 1 heterocycles. The molecule has 1 N–H and O–H groups in total. The Morgan fingerprint density at radius 3 is 2.11 bits per heavy atom. The van der Waals surface area contributed by atoms with Gasteiger partial charge in [0.1, 0.15) is 0 Å². The average Bonchev–Trinajstić information content (AvgIpc) is 1.98. The monoisotopic (exact) mass is 125 g/mol. The van der Waals surface area contributed by atoms with Gasteiger partial charge < -0.3 is 9.67 Å². The third-order valence-corrected chi connectivity index (χ3v) is 1.65. The summed E-state index contributed by atoms with van der Waals surface area (Å²) in [5.74, 6) is 0.368. The Morgan fingerprint density at radius 2 is 2.00 bits per heavy atom. The summed E-state index contributed by atoms with van der Waals surface area (Å²) in [5.41, 5.74) is 2.10. The topological polar surface area (TPSA) is 25.2 Å². The molecule has 50 valence electrons. The summed E-state index contributed by atoms with van der Waals surface area (Å²) in [6.07, 6.45) is 1.91. The minimum absolute atomic E-state index is 0.368. The second kappa shape index (κ2) is 1.79. The second-order valence-corrected chi connectivity index (χ2v) is 2.37. The predicted octanol–water partition coefficient (Wildman–Crippen LogP) is 1.35. The molecule has 0 unspecified atom stereocenters. The van der Waals surface area contributed by atoms with E-state index in [0.717, 1.165) is 11.1 Å². The SMILES string of the molecule is Cc1cn(C)c(O)c1C. The molecule has 0 fully saturated rings. The molecule has 0 amide bonds. The van der Waals surface area contributed by atoms with Gasteiger partial charge in [0.25, 0.3) is 0 Å². The molecule has 0 saturated carbocycles. The Kier molecular flexibility index (Phi) is 1.24. The van der Waals surface area contributed by atoms with Gasteiger partial charge >= 0.3 is 0 Å². The van der Waals surface area contributed by atoms with Gasteiger partial charge in [-0.25, -0.2) is 0 Å². The molecule has 0 aliphatic rings. The smallest absolute Gasteiger partial charge is 0.193 e. The zero-order chi connectivity index (χ0) is 7.02. The summed E-state index contributed by atoms with van der Waals surface area (Å²) >= 11 is 0. The first-order valence-electron chi connectivity index (χ1n) is 2.94. The lowest BCUT2D eigenvalue weighted by molar-refractivity contribution is 0.428. The largest absolute Gasteiger partial charge is 0.494 e. The van der Waals surface area contributed by atoms with Gasteiger partial charge in [-0.15, -0.1) is 0 Å². The Bertz CT molecular complexity index is 203. The van der Waals surface area contributed by atoms with Crippen LogP contribution in [-0.4, -0.2) is 9.67 Å². The highest BCUT2D eigenvalue weighted by molar-refractivity contribution is 5.33. The third-order valence-electron chi connectivity index (χ3n) is 1.65. The van der Waals surface area contributed by atoms with E-state index in [1.807, 2.05) is 27.1 Å². The zero-order valence-electron chi connectivity index (χ0n) is 5.97. The van der Waals surface area contributed by atoms with Gasteiger partial charge in [-0.05, 0) is 19.4 Å². The van der Waals surface area contributed by atoms with E-state index in [0.29, 0.717) is 5.88 Å². The number of aromatic nitrogens is 1. The van der Waals surface area contributed by atoms with Gasteiger partial charge in [0.2, 0.25) is 0 Å². The van der Waals surface area contributed by atoms with Crippen molar-refractivity contribution >= 4 is 0 Å². The number of aromatic hydroxyl groups is 1. The molecule has 2 heteroatoms. The minimum Gasteiger partial charge on any atom is -0.494 e. The van der Waals surface area contributed by atoms with Crippen molar-refractivity contribution in [3.05, 3.63) is 17.3 Å². The van der Waals surface area contributed by atoms with Crippen LogP contribution in [-0.2, 0) is 7.05 Å². The molecular weight excluding hydrogens is 114 g/mol. The summed E-state index contributed by atoms with van der Waals surface area (Å²) in [4.78, 5) is 0. The molecule has 0 bridgehead atoms. The maximum Gasteiger partial charge on any atom is 0.193 e. The highest BCUT2D eigenvalue weighted by atomic mass is 16.3. The maximum absolute atomic E-state index is 9.19. The maximum atomic E-state index is 9.19. The van der Waals surface area contributed by atoms with Crippen LogP contribution in [0.1, 0.15) is 11.1 Å². The first-order valence-corrected chi connectivity index (χ1v) is 2.94. The molecular formula is C7H11NO. The Balaban J connectivity index is 3.29. The van der Waals surface area contributed by atoms with Crippen LogP contribution < -0.4 is 0 Å². The van der Waals surface area contributed by atoms with E-state index in [1.54, 1.807) is 4.57 Å². The van der Waals surface area contributed by atoms with Crippen molar-refractivity contribution in [2.75, 3.05) is 0 Å². The van der Waals surface area contributed by atoms with E-state index < -0.39 is 0 Å². The summed E-state index contributed by atoms with van der Waals surface area (Å²) < 4.78 is 1.71. The predicted molar refractivity (Wildman–Crippen MR) is 36.6 cm³/mol. The molecule has 0 atom stereocenters. The van der Waals surface area contributed by atoms with E-state index in [-0.39, 0.29) is 0 Å². The second-order valence-electron chi connectivity index (χ2n) is 2.37. The minimum atomic E-state index is 0.368. The average molecular weight is 125 g/mol. The fourth-order valence-electron chi connectivity index (χ4n) is 0.889. The third kappa shape index (κ3) is 0.803. The number of nitrogens with zero attached hydrogens (tertiary/aromatic N) is 1. The molecule has 1 aromatic rings. The van der Waals surface area contributed by atoms with E-state index in [4.69, 9.17) is 0 Å². The lowest BCUT2D eigenvalue weighted by Crippen LogP contribution is -1.81. The molecule has 0 aliphatic heterocycles. The number of hydrogen-bond acceptors (Lipinski definition) is 1. The van der Waals surface area contributed by atoms with Crippen LogP contribution in [0.4, 0.5) is 0 Å². The molecule has 1 rings (SSSR count). The van der Waals surface area contributed by atoms with E-state index in [2.05, 4.69) is 0 Å².